The van der Waals surface area contributed by atoms with Crippen LogP contribution >= 0.6 is 0 Å². The van der Waals surface area contributed by atoms with Crippen LogP contribution in [0.1, 0.15) is 80.6 Å². The second-order valence-corrected chi connectivity index (χ2v) is 8.92. The fraction of sp³-hybridized carbons (Fsp3) is 0.600. The van der Waals surface area contributed by atoms with Crippen LogP contribution in [0.25, 0.3) is 0 Å². The molecule has 2 unspecified atom stereocenters. The molecule has 0 saturated heterocycles. The SMILES string of the molecule is [B]c1cc(OCC(CC)(CC)CC=C)c(C2CC2)cc1C(=O)C1CCC1C(=O)OC. The summed E-state index contributed by atoms with van der Waals surface area (Å²) in [5.74, 6) is 0.167. The van der Waals surface area contributed by atoms with Crippen molar-refractivity contribution < 1.29 is 19.1 Å². The Kier molecular flexibility index (Phi) is 7.10. The highest BCUT2D eigenvalue weighted by atomic mass is 16.5. The lowest BCUT2D eigenvalue weighted by Gasteiger charge is -2.34. The van der Waals surface area contributed by atoms with Crippen molar-refractivity contribution in [2.45, 2.75) is 64.7 Å². The molecule has 4 nitrogen and oxygen atoms in total. The van der Waals surface area contributed by atoms with Crippen LogP contribution in [-0.2, 0) is 9.53 Å². The highest BCUT2D eigenvalue weighted by Crippen LogP contribution is 2.46. The molecule has 3 rings (SSSR count). The maximum Gasteiger partial charge on any atom is 0.309 e. The van der Waals surface area contributed by atoms with E-state index in [1.807, 2.05) is 18.2 Å². The summed E-state index contributed by atoms with van der Waals surface area (Å²) in [5.41, 5.74) is 2.08. The van der Waals surface area contributed by atoms with E-state index in [-0.39, 0.29) is 29.0 Å². The Morgan fingerprint density at radius 3 is 2.33 bits per heavy atom. The Morgan fingerprint density at radius 1 is 1.17 bits per heavy atom. The van der Waals surface area contributed by atoms with Crippen molar-refractivity contribution in [3.63, 3.8) is 0 Å². The van der Waals surface area contributed by atoms with Gasteiger partial charge in [-0.25, -0.2) is 0 Å². The number of Topliss-reactive ketones (excluding diaryl/α,β-unsaturated/α-hetero) is 1. The molecule has 0 N–H and O–H groups in total. The van der Waals surface area contributed by atoms with Gasteiger partial charge in [0.25, 0.3) is 0 Å². The molecule has 0 aromatic heterocycles. The van der Waals surface area contributed by atoms with Gasteiger partial charge in [0.15, 0.2) is 5.78 Å². The zero-order valence-electron chi connectivity index (χ0n) is 18.5. The van der Waals surface area contributed by atoms with E-state index in [1.165, 1.54) is 7.11 Å². The molecule has 0 bridgehead atoms. The monoisotopic (exact) mass is 408 g/mol. The quantitative estimate of drug-likeness (QED) is 0.234. The number of hydrogen-bond donors (Lipinski definition) is 0. The Morgan fingerprint density at radius 2 is 1.83 bits per heavy atom. The number of esters is 1. The number of allylic oxidation sites excluding steroid dienone is 1. The smallest absolute Gasteiger partial charge is 0.309 e. The van der Waals surface area contributed by atoms with Crippen LogP contribution in [-0.4, -0.2) is 33.3 Å². The molecule has 1 aromatic carbocycles. The van der Waals surface area contributed by atoms with Gasteiger partial charge in [-0.3, -0.25) is 9.59 Å². The highest BCUT2D eigenvalue weighted by molar-refractivity contribution is 6.37. The Balaban J connectivity index is 1.84. The minimum absolute atomic E-state index is 0.0503. The number of methoxy groups -OCH3 is 1. The number of ketones is 1. The van der Waals surface area contributed by atoms with Gasteiger partial charge in [-0.1, -0.05) is 25.4 Å². The summed E-state index contributed by atoms with van der Waals surface area (Å²) in [6.07, 6.45) is 8.48. The predicted octanol–water partition coefficient (Wildman–Crippen LogP) is 4.50. The number of ether oxygens (including phenoxy) is 2. The molecule has 0 heterocycles. The standard InChI is InChI=1S/C25H33BO4/c1-5-12-25(6-2,7-3)15-30-22-14-21(26)20(13-19(22)16-8-9-16)23(27)17-10-11-18(17)24(28)29-4/h5,13-14,16-18H,1,6-12,15H2,2-4H3. The van der Waals surface area contributed by atoms with Crippen molar-refractivity contribution in [3.8, 4) is 5.75 Å². The van der Waals surface area contributed by atoms with Crippen LogP contribution in [0.2, 0.25) is 0 Å². The van der Waals surface area contributed by atoms with Crippen LogP contribution in [0.4, 0.5) is 0 Å². The van der Waals surface area contributed by atoms with E-state index in [9.17, 15) is 9.59 Å². The summed E-state index contributed by atoms with van der Waals surface area (Å²) < 4.78 is 11.2. The lowest BCUT2D eigenvalue weighted by atomic mass is 9.68. The molecule has 2 aliphatic carbocycles. The maximum absolute atomic E-state index is 13.1. The van der Waals surface area contributed by atoms with E-state index in [1.54, 1.807) is 0 Å². The molecule has 0 spiro atoms. The summed E-state index contributed by atoms with van der Waals surface area (Å²) in [6, 6.07) is 3.74. The highest BCUT2D eigenvalue weighted by Gasteiger charge is 2.43. The summed E-state index contributed by atoms with van der Waals surface area (Å²) >= 11 is 0. The molecule has 0 amide bonds. The summed E-state index contributed by atoms with van der Waals surface area (Å²) in [4.78, 5) is 25.1. The minimum Gasteiger partial charge on any atom is -0.493 e. The van der Waals surface area contributed by atoms with Gasteiger partial charge in [0.2, 0.25) is 0 Å². The van der Waals surface area contributed by atoms with Crippen LogP contribution in [0.3, 0.4) is 0 Å². The summed E-state index contributed by atoms with van der Waals surface area (Å²) in [5, 5.41) is 0. The molecule has 2 saturated carbocycles. The molecule has 0 aliphatic heterocycles. The Labute approximate surface area is 181 Å². The summed E-state index contributed by atoms with van der Waals surface area (Å²) in [7, 11) is 7.68. The molecule has 2 radical (unpaired) electrons. The second kappa shape index (κ2) is 9.41. The average molecular weight is 408 g/mol. The third kappa shape index (κ3) is 4.50. The van der Waals surface area contributed by atoms with Crippen LogP contribution in [0, 0.1) is 17.3 Å². The molecule has 160 valence electrons. The van der Waals surface area contributed by atoms with Crippen molar-refractivity contribution in [2.75, 3.05) is 13.7 Å². The van der Waals surface area contributed by atoms with Crippen LogP contribution < -0.4 is 10.2 Å². The second-order valence-electron chi connectivity index (χ2n) is 8.92. The molecular formula is C25H33BO4. The van der Waals surface area contributed by atoms with E-state index in [2.05, 4.69) is 20.4 Å². The Bertz CT molecular complexity index is 808. The molecule has 30 heavy (non-hydrogen) atoms. The first-order chi connectivity index (χ1) is 14.4. The lowest BCUT2D eigenvalue weighted by molar-refractivity contribution is -0.150. The topological polar surface area (TPSA) is 52.6 Å². The largest absolute Gasteiger partial charge is 0.493 e. The van der Waals surface area contributed by atoms with E-state index in [0.717, 1.165) is 43.4 Å². The van der Waals surface area contributed by atoms with E-state index >= 15 is 0 Å². The first-order valence-electron chi connectivity index (χ1n) is 11.2. The van der Waals surface area contributed by atoms with Crippen molar-refractivity contribution in [1.29, 1.82) is 0 Å². The van der Waals surface area contributed by atoms with E-state index in [0.29, 0.717) is 36.4 Å². The molecule has 2 atom stereocenters. The zero-order valence-corrected chi connectivity index (χ0v) is 18.5. The van der Waals surface area contributed by atoms with Gasteiger partial charge in [-0.2, -0.15) is 0 Å². The maximum atomic E-state index is 13.1. The molecule has 2 aliphatic rings. The average Bonchev–Trinajstić information content (AvgIpc) is 3.55. The van der Waals surface area contributed by atoms with Crippen LogP contribution in [0.5, 0.6) is 5.75 Å². The first kappa shape index (κ1) is 22.6. The molecular weight excluding hydrogens is 375 g/mol. The van der Waals surface area contributed by atoms with Gasteiger partial charge < -0.3 is 9.47 Å². The third-order valence-corrected chi connectivity index (χ3v) is 7.19. The van der Waals surface area contributed by atoms with Crippen molar-refractivity contribution in [2.24, 2.45) is 17.3 Å². The fourth-order valence-corrected chi connectivity index (χ4v) is 4.45. The zero-order chi connectivity index (χ0) is 21.9. The van der Waals surface area contributed by atoms with Crippen molar-refractivity contribution in [1.82, 2.24) is 0 Å². The molecule has 2 fully saturated rings. The Hall–Kier alpha value is -2.04. The van der Waals surface area contributed by atoms with E-state index in [4.69, 9.17) is 17.3 Å². The number of carbonyl (C=O) groups is 2. The van der Waals surface area contributed by atoms with Gasteiger partial charge >= 0.3 is 5.97 Å². The molecule has 1 aromatic rings. The number of hydrogen-bond acceptors (Lipinski definition) is 4. The van der Waals surface area contributed by atoms with Gasteiger partial charge in [-0.15, -0.1) is 6.58 Å². The van der Waals surface area contributed by atoms with Gasteiger partial charge in [0, 0.05) is 16.9 Å². The van der Waals surface area contributed by atoms with Gasteiger partial charge in [0.05, 0.1) is 19.6 Å². The van der Waals surface area contributed by atoms with Crippen LogP contribution in [0.15, 0.2) is 24.8 Å². The fourth-order valence-electron chi connectivity index (χ4n) is 4.45. The normalized spacial score (nSPS) is 20.9. The minimum atomic E-state index is -0.351. The third-order valence-electron chi connectivity index (χ3n) is 7.19. The van der Waals surface area contributed by atoms with Crippen molar-refractivity contribution >= 4 is 25.1 Å². The first-order valence-corrected chi connectivity index (χ1v) is 11.2. The predicted molar refractivity (Wildman–Crippen MR) is 120 cm³/mol. The number of carbonyl (C=O) groups excluding carboxylic acids is 2. The number of benzene rings is 1. The van der Waals surface area contributed by atoms with E-state index < -0.39 is 0 Å². The number of rotatable bonds is 11. The van der Waals surface area contributed by atoms with Gasteiger partial charge in [-0.05, 0) is 68.6 Å². The summed E-state index contributed by atoms with van der Waals surface area (Å²) in [6.45, 7) is 8.88. The lowest BCUT2D eigenvalue weighted by Crippen LogP contribution is -2.40. The van der Waals surface area contributed by atoms with Gasteiger partial charge in [0.1, 0.15) is 13.6 Å². The van der Waals surface area contributed by atoms with Crippen molar-refractivity contribution in [3.05, 3.63) is 35.9 Å². The molecule has 5 heteroatoms.